The molecule has 5 heteroatoms. The smallest absolute Gasteiger partial charge is 0.0415 e. The molecule has 5 nitrogen and oxygen atoms in total. The average molecular weight is 618 g/mol. The molecule has 47 heavy (non-hydrogen) atoms. The zero-order chi connectivity index (χ0) is 32.8. The van der Waals surface area contributed by atoms with Crippen molar-refractivity contribution >= 4 is 56.9 Å². The van der Waals surface area contributed by atoms with Gasteiger partial charge in [0, 0.05) is 63.4 Å². The minimum Gasteiger partial charge on any atom is -0.355 e. The number of hydrogen-bond acceptors (Lipinski definition) is 5. The first-order valence-corrected chi connectivity index (χ1v) is 16.2. The van der Waals surface area contributed by atoms with Crippen molar-refractivity contribution in [3.63, 3.8) is 0 Å². The second-order valence-corrected chi connectivity index (χ2v) is 12.0. The lowest BCUT2D eigenvalue weighted by Gasteiger charge is -2.24. The second kappa shape index (κ2) is 14.2. The lowest BCUT2D eigenvalue weighted by molar-refractivity contribution is 1.02. The van der Waals surface area contributed by atoms with Gasteiger partial charge in [0.2, 0.25) is 0 Å². The molecule has 0 aliphatic rings. The van der Waals surface area contributed by atoms with Crippen molar-refractivity contribution in [1.29, 1.82) is 0 Å². The summed E-state index contributed by atoms with van der Waals surface area (Å²) in [5, 5.41) is 14.3. The molecule has 6 rings (SSSR count). The van der Waals surface area contributed by atoms with E-state index in [1.165, 1.54) is 22.3 Å². The van der Waals surface area contributed by atoms with E-state index in [1.54, 1.807) is 0 Å². The molecule has 0 aliphatic heterocycles. The van der Waals surface area contributed by atoms with Crippen LogP contribution >= 0.6 is 0 Å². The molecule has 0 saturated carbocycles. The molecule has 0 fully saturated rings. The standard InChI is InChI=1S/C42H43N5/c1-6-47(37-21-15-33(16-22-37)43-41-25-19-35(27-31(41)4)45-39-13-9-7-11-29(39)2)38-23-17-34(18-24-38)44-42-26-20-36(28-32(42)5)46-40-14-10-8-12-30(40)3/h7-28,43-46H,6H2,1-5H3. The van der Waals surface area contributed by atoms with Crippen LogP contribution in [0, 0.1) is 27.7 Å². The number of hydrogen-bond donors (Lipinski definition) is 4. The van der Waals surface area contributed by atoms with Gasteiger partial charge in [-0.1, -0.05) is 36.4 Å². The van der Waals surface area contributed by atoms with Gasteiger partial charge in [-0.25, -0.2) is 0 Å². The van der Waals surface area contributed by atoms with Crippen molar-refractivity contribution in [2.24, 2.45) is 0 Å². The van der Waals surface area contributed by atoms with Gasteiger partial charge in [0.1, 0.15) is 0 Å². The molecule has 236 valence electrons. The molecule has 0 amide bonds. The molecule has 4 N–H and O–H groups in total. The highest BCUT2D eigenvalue weighted by atomic mass is 15.1. The highest BCUT2D eigenvalue weighted by molar-refractivity contribution is 5.74. The number of aryl methyl sites for hydroxylation is 4. The van der Waals surface area contributed by atoms with E-state index in [0.29, 0.717) is 0 Å². The van der Waals surface area contributed by atoms with Gasteiger partial charge in [-0.2, -0.15) is 0 Å². The molecule has 0 radical (unpaired) electrons. The van der Waals surface area contributed by atoms with Crippen molar-refractivity contribution in [1.82, 2.24) is 0 Å². The SMILES string of the molecule is CCN(c1ccc(Nc2ccc(Nc3ccccc3C)cc2C)cc1)c1ccc(Nc2ccc(Nc3ccccc3C)cc2C)cc1. The topological polar surface area (TPSA) is 51.4 Å². The maximum atomic E-state index is 3.59. The summed E-state index contributed by atoms with van der Waals surface area (Å²) in [4.78, 5) is 2.32. The summed E-state index contributed by atoms with van der Waals surface area (Å²) < 4.78 is 0. The van der Waals surface area contributed by atoms with E-state index in [-0.39, 0.29) is 0 Å². The van der Waals surface area contributed by atoms with Crippen LogP contribution in [0.5, 0.6) is 0 Å². The van der Waals surface area contributed by atoms with Crippen molar-refractivity contribution in [3.8, 4) is 0 Å². The summed E-state index contributed by atoms with van der Waals surface area (Å²) in [5.41, 5.74) is 15.8. The quantitative estimate of drug-likeness (QED) is 0.117. The number of anilines is 10. The van der Waals surface area contributed by atoms with Crippen molar-refractivity contribution in [2.75, 3.05) is 32.7 Å². The van der Waals surface area contributed by atoms with Crippen molar-refractivity contribution in [2.45, 2.75) is 34.6 Å². The van der Waals surface area contributed by atoms with Gasteiger partial charge in [0.15, 0.2) is 0 Å². The maximum absolute atomic E-state index is 3.59. The summed E-state index contributed by atoms with van der Waals surface area (Å²) in [6.45, 7) is 11.6. The minimum absolute atomic E-state index is 0.864. The average Bonchev–Trinajstić information content (AvgIpc) is 3.07. The molecule has 0 spiro atoms. The van der Waals surface area contributed by atoms with E-state index in [4.69, 9.17) is 0 Å². The van der Waals surface area contributed by atoms with Crippen molar-refractivity contribution in [3.05, 3.63) is 156 Å². The van der Waals surface area contributed by atoms with Crippen LogP contribution in [-0.4, -0.2) is 6.54 Å². The summed E-state index contributed by atoms with van der Waals surface area (Å²) in [7, 11) is 0. The summed E-state index contributed by atoms with van der Waals surface area (Å²) in [5.74, 6) is 0. The van der Waals surface area contributed by atoms with E-state index >= 15 is 0 Å². The normalized spacial score (nSPS) is 10.7. The van der Waals surface area contributed by atoms with Gasteiger partial charge >= 0.3 is 0 Å². The van der Waals surface area contributed by atoms with E-state index in [9.17, 15) is 0 Å². The van der Waals surface area contributed by atoms with Crippen LogP contribution in [0.3, 0.4) is 0 Å². The molecule has 0 atom stereocenters. The zero-order valence-corrected chi connectivity index (χ0v) is 27.9. The minimum atomic E-state index is 0.864. The fourth-order valence-electron chi connectivity index (χ4n) is 5.78. The second-order valence-electron chi connectivity index (χ2n) is 12.0. The summed E-state index contributed by atoms with van der Waals surface area (Å²) >= 11 is 0. The Bertz CT molecular complexity index is 1820. The highest BCUT2D eigenvalue weighted by Gasteiger charge is 2.10. The number of nitrogens with one attached hydrogen (secondary N) is 4. The third-order valence-corrected chi connectivity index (χ3v) is 8.53. The highest BCUT2D eigenvalue weighted by Crippen LogP contribution is 2.32. The fraction of sp³-hybridized carbons (Fsp3) is 0.143. The van der Waals surface area contributed by atoms with Crippen LogP contribution in [-0.2, 0) is 0 Å². The predicted octanol–water partition coefficient (Wildman–Crippen LogP) is 12.1. The van der Waals surface area contributed by atoms with Crippen LogP contribution in [0.4, 0.5) is 56.9 Å². The third kappa shape index (κ3) is 7.59. The number of nitrogens with zero attached hydrogens (tertiary/aromatic N) is 1. The van der Waals surface area contributed by atoms with Gasteiger partial charge in [0.05, 0.1) is 0 Å². The Kier molecular flexibility index (Phi) is 9.44. The van der Waals surface area contributed by atoms with Crippen LogP contribution in [0.25, 0.3) is 0 Å². The molecule has 0 heterocycles. The lowest BCUT2D eigenvalue weighted by atomic mass is 10.1. The summed E-state index contributed by atoms with van der Waals surface area (Å²) in [6, 6.07) is 46.9. The van der Waals surface area contributed by atoms with Crippen molar-refractivity contribution < 1.29 is 0 Å². The van der Waals surface area contributed by atoms with Crippen LogP contribution in [0.15, 0.2) is 133 Å². The number of benzene rings is 6. The van der Waals surface area contributed by atoms with E-state index in [2.05, 4.69) is 194 Å². The van der Waals surface area contributed by atoms with Gasteiger partial charge < -0.3 is 26.2 Å². The first-order valence-electron chi connectivity index (χ1n) is 16.2. The van der Waals surface area contributed by atoms with E-state index in [0.717, 1.165) is 63.4 Å². The maximum Gasteiger partial charge on any atom is 0.0415 e. The van der Waals surface area contributed by atoms with Crippen LogP contribution < -0.4 is 26.2 Å². The Hall–Kier alpha value is -5.68. The molecule has 6 aromatic carbocycles. The molecule has 0 saturated heterocycles. The van der Waals surface area contributed by atoms with E-state index in [1.807, 2.05) is 0 Å². The van der Waals surface area contributed by atoms with Gasteiger partial charge in [-0.15, -0.1) is 0 Å². The Morgan fingerprint density at radius 2 is 0.723 bits per heavy atom. The van der Waals surface area contributed by atoms with Crippen LogP contribution in [0.1, 0.15) is 29.2 Å². The van der Waals surface area contributed by atoms with Gasteiger partial charge in [0.25, 0.3) is 0 Å². The third-order valence-electron chi connectivity index (χ3n) is 8.53. The lowest BCUT2D eigenvalue weighted by Crippen LogP contribution is -2.15. The Morgan fingerprint density at radius 1 is 0.383 bits per heavy atom. The Labute approximate surface area is 279 Å². The fourth-order valence-corrected chi connectivity index (χ4v) is 5.78. The molecule has 6 aromatic rings. The molecular weight excluding hydrogens is 574 g/mol. The molecule has 0 bridgehead atoms. The van der Waals surface area contributed by atoms with E-state index < -0.39 is 0 Å². The zero-order valence-electron chi connectivity index (χ0n) is 27.9. The summed E-state index contributed by atoms with van der Waals surface area (Å²) in [6.07, 6.45) is 0. The van der Waals surface area contributed by atoms with Gasteiger partial charge in [-0.05, 0) is 154 Å². The number of para-hydroxylation sites is 2. The molecule has 0 aromatic heterocycles. The number of rotatable bonds is 11. The monoisotopic (exact) mass is 617 g/mol. The Balaban J connectivity index is 1.08. The first kappa shape index (κ1) is 31.3. The first-order chi connectivity index (χ1) is 22.9. The Morgan fingerprint density at radius 3 is 1.09 bits per heavy atom. The molecular formula is C42H43N5. The van der Waals surface area contributed by atoms with Crippen LogP contribution in [0.2, 0.25) is 0 Å². The predicted molar refractivity (Wildman–Crippen MR) is 203 cm³/mol. The largest absolute Gasteiger partial charge is 0.355 e. The van der Waals surface area contributed by atoms with Gasteiger partial charge in [-0.3, -0.25) is 0 Å². The molecule has 0 aliphatic carbocycles. The molecule has 0 unspecified atom stereocenters.